The van der Waals surface area contributed by atoms with E-state index in [2.05, 4.69) is 5.32 Å². The first-order valence-electron chi connectivity index (χ1n) is 9.30. The summed E-state index contributed by atoms with van der Waals surface area (Å²) in [7, 11) is 1.71. The minimum atomic E-state index is -0.304. The van der Waals surface area contributed by atoms with Crippen molar-refractivity contribution in [3.63, 3.8) is 0 Å². The summed E-state index contributed by atoms with van der Waals surface area (Å²) in [5.41, 5.74) is 2.02. The van der Waals surface area contributed by atoms with Crippen molar-refractivity contribution < 1.29 is 14.3 Å². The summed E-state index contributed by atoms with van der Waals surface area (Å²) >= 11 is 0. The van der Waals surface area contributed by atoms with Gasteiger partial charge < -0.3 is 14.8 Å². The van der Waals surface area contributed by atoms with Crippen LogP contribution in [0.3, 0.4) is 0 Å². The van der Waals surface area contributed by atoms with Crippen LogP contribution in [0.2, 0.25) is 0 Å². The first kappa shape index (κ1) is 17.3. The van der Waals surface area contributed by atoms with E-state index in [0.717, 1.165) is 24.2 Å². The zero-order valence-electron chi connectivity index (χ0n) is 15.0. The van der Waals surface area contributed by atoms with Gasteiger partial charge in [0, 0.05) is 31.6 Å². The molecule has 1 N–H and O–H groups in total. The highest BCUT2D eigenvalue weighted by Crippen LogP contribution is 2.44. The molecule has 26 heavy (non-hydrogen) atoms. The molecule has 4 nitrogen and oxygen atoms in total. The number of nitrogens with one attached hydrogen (secondary N) is 1. The van der Waals surface area contributed by atoms with Crippen LogP contribution >= 0.6 is 0 Å². The number of ether oxygens (including phenoxy) is 2. The van der Waals surface area contributed by atoms with E-state index in [9.17, 15) is 4.79 Å². The van der Waals surface area contributed by atoms with Crippen LogP contribution in [-0.4, -0.2) is 38.4 Å². The van der Waals surface area contributed by atoms with Gasteiger partial charge in [-0.3, -0.25) is 4.79 Å². The Kier molecular flexibility index (Phi) is 5.05. The van der Waals surface area contributed by atoms with E-state index >= 15 is 0 Å². The van der Waals surface area contributed by atoms with Gasteiger partial charge in [-0.05, 0) is 17.5 Å². The van der Waals surface area contributed by atoms with E-state index in [1.165, 1.54) is 0 Å². The monoisotopic (exact) mass is 351 g/mol. The molecule has 4 rings (SSSR count). The molecule has 0 aromatic heterocycles. The fraction of sp³-hybridized carbons (Fsp3) is 0.409. The molecule has 0 unspecified atom stereocenters. The molecule has 0 spiro atoms. The van der Waals surface area contributed by atoms with Crippen molar-refractivity contribution in [2.24, 2.45) is 11.8 Å². The molecule has 0 radical (unpaired) electrons. The van der Waals surface area contributed by atoms with Gasteiger partial charge >= 0.3 is 0 Å². The number of benzene rings is 2. The predicted octanol–water partition coefficient (Wildman–Crippen LogP) is 2.98. The van der Waals surface area contributed by atoms with E-state index in [4.69, 9.17) is 9.47 Å². The van der Waals surface area contributed by atoms with Crippen molar-refractivity contribution in [1.29, 1.82) is 0 Å². The quantitative estimate of drug-likeness (QED) is 0.870. The molecule has 0 bridgehead atoms. The van der Waals surface area contributed by atoms with Crippen molar-refractivity contribution in [1.82, 2.24) is 5.32 Å². The molecule has 136 valence electrons. The predicted molar refractivity (Wildman–Crippen MR) is 99.9 cm³/mol. The summed E-state index contributed by atoms with van der Waals surface area (Å²) in [5, 5.41) is 3.32. The SMILES string of the molecule is COC[C@@H]1[C@H](NC(=O)C(c2ccccc2)c2ccccc2)[C@@H]2CCO[C@H]12. The lowest BCUT2D eigenvalue weighted by molar-refractivity contribution is -0.130. The average molecular weight is 351 g/mol. The van der Waals surface area contributed by atoms with Crippen LogP contribution in [0.1, 0.15) is 23.5 Å². The number of rotatable bonds is 6. The van der Waals surface area contributed by atoms with Crippen molar-refractivity contribution in [3.05, 3.63) is 71.8 Å². The second kappa shape index (κ2) is 7.60. The number of fused-ring (bicyclic) bond motifs is 1. The molecular formula is C22H25NO3. The highest BCUT2D eigenvalue weighted by atomic mass is 16.5. The van der Waals surface area contributed by atoms with Gasteiger partial charge in [0.05, 0.1) is 18.6 Å². The number of hydrogen-bond donors (Lipinski definition) is 1. The van der Waals surface area contributed by atoms with Gasteiger partial charge in [-0.15, -0.1) is 0 Å². The molecule has 1 saturated carbocycles. The second-order valence-electron chi connectivity index (χ2n) is 7.20. The summed E-state index contributed by atoms with van der Waals surface area (Å²) in [4.78, 5) is 13.3. The Bertz CT molecular complexity index is 694. The van der Waals surface area contributed by atoms with E-state index in [1.54, 1.807) is 7.11 Å². The summed E-state index contributed by atoms with van der Waals surface area (Å²) < 4.78 is 11.2. The Hall–Kier alpha value is -2.17. The van der Waals surface area contributed by atoms with Crippen LogP contribution in [0.25, 0.3) is 0 Å². The first-order chi connectivity index (χ1) is 12.8. The lowest BCUT2D eigenvalue weighted by Gasteiger charge is -2.47. The number of methoxy groups -OCH3 is 1. The van der Waals surface area contributed by atoms with Crippen LogP contribution in [0.5, 0.6) is 0 Å². The maximum absolute atomic E-state index is 13.3. The van der Waals surface area contributed by atoms with Crippen LogP contribution < -0.4 is 5.32 Å². The third-order valence-electron chi connectivity index (χ3n) is 5.72. The van der Waals surface area contributed by atoms with Crippen molar-refractivity contribution in [3.8, 4) is 0 Å². The lowest BCUT2D eigenvalue weighted by Crippen LogP contribution is -2.63. The van der Waals surface area contributed by atoms with Crippen molar-refractivity contribution in [2.45, 2.75) is 24.5 Å². The van der Waals surface area contributed by atoms with Crippen LogP contribution in [0.15, 0.2) is 60.7 Å². The molecule has 2 aliphatic rings. The van der Waals surface area contributed by atoms with Gasteiger partial charge in [-0.25, -0.2) is 0 Å². The summed E-state index contributed by atoms with van der Waals surface area (Å²) in [6.45, 7) is 1.40. The molecule has 1 aliphatic carbocycles. The summed E-state index contributed by atoms with van der Waals surface area (Å²) in [5.74, 6) is 0.399. The molecule has 1 aliphatic heterocycles. The zero-order chi connectivity index (χ0) is 17.9. The second-order valence-corrected chi connectivity index (χ2v) is 7.20. The molecule has 2 aromatic carbocycles. The fourth-order valence-corrected chi connectivity index (χ4v) is 4.47. The van der Waals surface area contributed by atoms with Crippen LogP contribution in [-0.2, 0) is 14.3 Å². The number of carbonyl (C=O) groups excluding carboxylic acids is 1. The van der Waals surface area contributed by atoms with Crippen LogP contribution in [0.4, 0.5) is 0 Å². The largest absolute Gasteiger partial charge is 0.384 e. The average Bonchev–Trinajstić information content (AvgIpc) is 3.11. The number of hydrogen-bond acceptors (Lipinski definition) is 3. The molecule has 1 heterocycles. The van der Waals surface area contributed by atoms with Gasteiger partial charge in [-0.1, -0.05) is 60.7 Å². The Morgan fingerprint density at radius 3 is 2.31 bits per heavy atom. The lowest BCUT2D eigenvalue weighted by atomic mass is 9.67. The van der Waals surface area contributed by atoms with Crippen molar-refractivity contribution >= 4 is 5.91 Å². The summed E-state index contributed by atoms with van der Waals surface area (Å²) in [6.07, 6.45) is 1.24. The van der Waals surface area contributed by atoms with Gasteiger partial charge in [0.25, 0.3) is 0 Å². The topological polar surface area (TPSA) is 47.6 Å². The molecule has 1 saturated heterocycles. The standard InChI is InChI=1S/C22H25NO3/c1-25-14-18-20(17-12-13-26-21(17)18)23-22(24)19(15-8-4-2-5-9-15)16-10-6-3-7-11-16/h2-11,17-21H,12-14H2,1H3,(H,23,24)/t17-,18+,20+,21-/m0/s1. The maximum atomic E-state index is 13.3. The van der Waals surface area contributed by atoms with Gasteiger partial charge in [-0.2, -0.15) is 0 Å². The number of carbonyl (C=O) groups is 1. The van der Waals surface area contributed by atoms with Crippen molar-refractivity contribution in [2.75, 3.05) is 20.3 Å². The normalized spacial score (nSPS) is 27.0. The van der Waals surface area contributed by atoms with Gasteiger partial charge in [0.2, 0.25) is 5.91 Å². The van der Waals surface area contributed by atoms with E-state index < -0.39 is 0 Å². The highest BCUT2D eigenvalue weighted by Gasteiger charge is 2.54. The Balaban J connectivity index is 1.57. The fourth-order valence-electron chi connectivity index (χ4n) is 4.47. The highest BCUT2D eigenvalue weighted by molar-refractivity contribution is 5.87. The molecule has 2 aromatic rings. The van der Waals surface area contributed by atoms with E-state index in [-0.39, 0.29) is 29.9 Å². The molecular weight excluding hydrogens is 326 g/mol. The zero-order valence-corrected chi connectivity index (χ0v) is 15.0. The Morgan fingerprint density at radius 2 is 1.73 bits per heavy atom. The Morgan fingerprint density at radius 1 is 1.12 bits per heavy atom. The first-order valence-corrected chi connectivity index (χ1v) is 9.30. The third-order valence-corrected chi connectivity index (χ3v) is 5.72. The van der Waals surface area contributed by atoms with Gasteiger partial charge in [0.1, 0.15) is 0 Å². The van der Waals surface area contributed by atoms with E-state index in [1.807, 2.05) is 60.7 Å². The summed E-state index contributed by atoms with van der Waals surface area (Å²) in [6, 6.07) is 20.1. The Labute approximate surface area is 154 Å². The van der Waals surface area contributed by atoms with E-state index in [0.29, 0.717) is 12.5 Å². The molecule has 4 atom stereocenters. The molecule has 2 fully saturated rings. The smallest absolute Gasteiger partial charge is 0.232 e. The molecule has 4 heteroatoms. The number of amides is 1. The molecule has 1 amide bonds. The maximum Gasteiger partial charge on any atom is 0.232 e. The van der Waals surface area contributed by atoms with Gasteiger partial charge in [0.15, 0.2) is 0 Å². The van der Waals surface area contributed by atoms with Crippen LogP contribution in [0, 0.1) is 11.8 Å². The third kappa shape index (κ3) is 3.15. The minimum Gasteiger partial charge on any atom is -0.384 e. The minimum absolute atomic E-state index is 0.0545.